The van der Waals surface area contributed by atoms with Gasteiger partial charge in [0, 0.05) is 5.54 Å². The van der Waals surface area contributed by atoms with Crippen LogP contribution in [-0.2, 0) is 9.59 Å². The maximum atomic E-state index is 12.4. The van der Waals surface area contributed by atoms with Crippen LogP contribution in [0, 0.1) is 11.8 Å². The number of imide groups is 2. The van der Waals surface area contributed by atoms with Gasteiger partial charge in [-0.3, -0.25) is 19.8 Å². The van der Waals surface area contributed by atoms with Gasteiger partial charge in [0.2, 0.25) is 11.8 Å². The minimum atomic E-state index is -0.765. The first kappa shape index (κ1) is 14.7. The number of barbiturate groups is 1. The van der Waals surface area contributed by atoms with Crippen molar-refractivity contribution in [3.8, 4) is 0 Å². The standard InChI is InChI=1S/C13H22N2O3/c1-6-7-13(4,5)15-11(17)9(8(2)3)10(16)14-12(15)18/h8-9H,6-7H2,1-5H3,(H,14,16,18). The second kappa shape index (κ2) is 5.08. The van der Waals surface area contributed by atoms with Crippen LogP contribution >= 0.6 is 0 Å². The lowest BCUT2D eigenvalue weighted by Gasteiger charge is -2.41. The van der Waals surface area contributed by atoms with Crippen LogP contribution in [0.5, 0.6) is 0 Å². The van der Waals surface area contributed by atoms with E-state index >= 15 is 0 Å². The number of hydrogen-bond acceptors (Lipinski definition) is 3. The molecule has 1 unspecified atom stereocenters. The molecule has 1 N–H and O–H groups in total. The highest BCUT2D eigenvalue weighted by Crippen LogP contribution is 2.28. The third-order valence-electron chi connectivity index (χ3n) is 3.34. The van der Waals surface area contributed by atoms with Crippen molar-refractivity contribution in [2.24, 2.45) is 11.8 Å². The van der Waals surface area contributed by atoms with Crippen molar-refractivity contribution in [3.05, 3.63) is 0 Å². The molecule has 4 amide bonds. The summed E-state index contributed by atoms with van der Waals surface area (Å²) in [4.78, 5) is 37.1. The first-order valence-electron chi connectivity index (χ1n) is 6.41. The summed E-state index contributed by atoms with van der Waals surface area (Å²) in [5.41, 5.74) is -0.566. The molecule has 5 nitrogen and oxygen atoms in total. The lowest BCUT2D eigenvalue weighted by atomic mass is 9.88. The van der Waals surface area contributed by atoms with Crippen LogP contribution in [-0.4, -0.2) is 28.3 Å². The quantitative estimate of drug-likeness (QED) is 0.779. The van der Waals surface area contributed by atoms with E-state index in [0.29, 0.717) is 6.42 Å². The zero-order chi connectivity index (χ0) is 14.1. The van der Waals surface area contributed by atoms with Gasteiger partial charge in [0.15, 0.2) is 0 Å². The Labute approximate surface area is 108 Å². The number of nitrogens with one attached hydrogen (secondary N) is 1. The predicted molar refractivity (Wildman–Crippen MR) is 67.7 cm³/mol. The van der Waals surface area contributed by atoms with Gasteiger partial charge in [-0.05, 0) is 26.2 Å². The molecule has 0 aromatic carbocycles. The van der Waals surface area contributed by atoms with E-state index in [1.54, 1.807) is 0 Å². The molecule has 1 heterocycles. The largest absolute Gasteiger partial charge is 0.331 e. The molecule has 0 radical (unpaired) electrons. The molecule has 18 heavy (non-hydrogen) atoms. The van der Waals surface area contributed by atoms with Gasteiger partial charge in [-0.25, -0.2) is 4.79 Å². The summed E-state index contributed by atoms with van der Waals surface area (Å²) >= 11 is 0. The molecular weight excluding hydrogens is 232 g/mol. The molecule has 1 aliphatic heterocycles. The molecule has 1 aliphatic rings. The Morgan fingerprint density at radius 2 is 1.83 bits per heavy atom. The van der Waals surface area contributed by atoms with E-state index in [1.165, 1.54) is 4.90 Å². The first-order valence-corrected chi connectivity index (χ1v) is 6.41. The van der Waals surface area contributed by atoms with Crippen molar-refractivity contribution in [3.63, 3.8) is 0 Å². The van der Waals surface area contributed by atoms with Crippen molar-refractivity contribution in [1.82, 2.24) is 10.2 Å². The van der Waals surface area contributed by atoms with E-state index in [-0.39, 0.29) is 11.8 Å². The van der Waals surface area contributed by atoms with Crippen LogP contribution in [0.25, 0.3) is 0 Å². The molecule has 1 fully saturated rings. The lowest BCUT2D eigenvalue weighted by molar-refractivity contribution is -0.148. The topological polar surface area (TPSA) is 66.5 Å². The van der Waals surface area contributed by atoms with Crippen molar-refractivity contribution in [2.45, 2.75) is 53.0 Å². The van der Waals surface area contributed by atoms with E-state index in [0.717, 1.165) is 6.42 Å². The number of nitrogens with zero attached hydrogens (tertiary/aromatic N) is 1. The van der Waals surface area contributed by atoms with Crippen LogP contribution in [0.3, 0.4) is 0 Å². The Kier molecular flexibility index (Phi) is 4.14. The highest BCUT2D eigenvalue weighted by atomic mass is 16.2. The fraction of sp³-hybridized carbons (Fsp3) is 0.769. The van der Waals surface area contributed by atoms with Crippen LogP contribution in [0.1, 0.15) is 47.5 Å². The second-order valence-electron chi connectivity index (χ2n) is 5.75. The Balaban J connectivity index is 3.08. The average Bonchev–Trinajstić information content (AvgIpc) is 2.14. The third kappa shape index (κ3) is 2.54. The summed E-state index contributed by atoms with van der Waals surface area (Å²) < 4.78 is 0. The van der Waals surface area contributed by atoms with Crippen LogP contribution in [0.2, 0.25) is 0 Å². The van der Waals surface area contributed by atoms with E-state index in [1.807, 2.05) is 34.6 Å². The number of carbonyl (C=O) groups is 3. The lowest BCUT2D eigenvalue weighted by Crippen LogP contribution is -2.64. The number of urea groups is 1. The highest BCUT2D eigenvalue weighted by molar-refractivity contribution is 6.16. The Morgan fingerprint density at radius 1 is 1.28 bits per heavy atom. The monoisotopic (exact) mass is 254 g/mol. The van der Waals surface area contributed by atoms with Gasteiger partial charge in [0.05, 0.1) is 0 Å². The van der Waals surface area contributed by atoms with Gasteiger partial charge in [-0.15, -0.1) is 0 Å². The zero-order valence-electron chi connectivity index (χ0n) is 11.7. The maximum Gasteiger partial charge on any atom is 0.331 e. The van der Waals surface area contributed by atoms with E-state index in [2.05, 4.69) is 5.32 Å². The minimum absolute atomic E-state index is 0.120. The fourth-order valence-corrected chi connectivity index (χ4v) is 2.48. The predicted octanol–water partition coefficient (Wildman–Crippen LogP) is 1.92. The number of rotatable bonds is 4. The number of hydrogen-bond donors (Lipinski definition) is 1. The highest BCUT2D eigenvalue weighted by Gasteiger charge is 2.47. The second-order valence-corrected chi connectivity index (χ2v) is 5.75. The van der Waals surface area contributed by atoms with E-state index in [9.17, 15) is 14.4 Å². The van der Waals surface area contributed by atoms with Crippen LogP contribution in [0.15, 0.2) is 0 Å². The summed E-state index contributed by atoms with van der Waals surface area (Å²) in [5.74, 6) is -1.75. The molecule has 5 heteroatoms. The summed E-state index contributed by atoms with van der Waals surface area (Å²) in [6.07, 6.45) is 1.58. The SMILES string of the molecule is CCCC(C)(C)N1C(=O)NC(=O)C(C(C)C)C1=O. The molecule has 0 saturated carbocycles. The smallest absolute Gasteiger partial charge is 0.277 e. The van der Waals surface area contributed by atoms with Crippen molar-refractivity contribution in [1.29, 1.82) is 0 Å². The van der Waals surface area contributed by atoms with Gasteiger partial charge >= 0.3 is 6.03 Å². The van der Waals surface area contributed by atoms with Gasteiger partial charge in [0.1, 0.15) is 5.92 Å². The maximum absolute atomic E-state index is 12.4. The van der Waals surface area contributed by atoms with Gasteiger partial charge in [0.25, 0.3) is 0 Å². The van der Waals surface area contributed by atoms with Crippen LogP contribution in [0.4, 0.5) is 4.79 Å². The summed E-state index contributed by atoms with van der Waals surface area (Å²) in [5, 5.41) is 2.28. The number of amides is 4. The fourth-order valence-electron chi connectivity index (χ4n) is 2.48. The molecular formula is C13H22N2O3. The molecule has 1 atom stereocenters. The Morgan fingerprint density at radius 3 is 2.28 bits per heavy atom. The Bertz CT molecular complexity index is 374. The zero-order valence-corrected chi connectivity index (χ0v) is 11.7. The average molecular weight is 254 g/mol. The molecule has 0 aromatic heterocycles. The molecule has 0 spiro atoms. The van der Waals surface area contributed by atoms with E-state index in [4.69, 9.17) is 0 Å². The minimum Gasteiger partial charge on any atom is -0.277 e. The van der Waals surface area contributed by atoms with E-state index < -0.39 is 23.4 Å². The summed E-state index contributed by atoms with van der Waals surface area (Å²) in [6, 6.07) is -0.597. The van der Waals surface area contributed by atoms with Crippen molar-refractivity contribution >= 4 is 17.8 Å². The molecule has 0 aliphatic carbocycles. The molecule has 102 valence electrons. The normalized spacial score (nSPS) is 21.6. The molecule has 0 bridgehead atoms. The Hall–Kier alpha value is -1.39. The van der Waals surface area contributed by atoms with Crippen LogP contribution < -0.4 is 5.32 Å². The molecule has 0 aromatic rings. The summed E-state index contributed by atoms with van der Waals surface area (Å²) in [6.45, 7) is 9.31. The number of carbonyl (C=O) groups excluding carboxylic acids is 3. The van der Waals surface area contributed by atoms with Gasteiger partial charge in [-0.1, -0.05) is 27.2 Å². The molecule has 1 saturated heterocycles. The van der Waals surface area contributed by atoms with Crippen molar-refractivity contribution < 1.29 is 14.4 Å². The third-order valence-corrected chi connectivity index (χ3v) is 3.34. The van der Waals surface area contributed by atoms with Gasteiger partial charge in [-0.2, -0.15) is 0 Å². The van der Waals surface area contributed by atoms with Crippen molar-refractivity contribution in [2.75, 3.05) is 0 Å². The first-order chi connectivity index (χ1) is 8.22. The van der Waals surface area contributed by atoms with Gasteiger partial charge < -0.3 is 0 Å². The molecule has 1 rings (SSSR count). The summed E-state index contributed by atoms with van der Waals surface area (Å²) in [7, 11) is 0.